The molecule has 12 heavy (non-hydrogen) atoms. The monoisotopic (exact) mass is 224 g/mol. The summed E-state index contributed by atoms with van der Waals surface area (Å²) in [6.45, 7) is 6.41. The first-order valence-corrected chi connectivity index (χ1v) is 4.91. The Morgan fingerprint density at radius 3 is 2.00 bits per heavy atom. The number of hydrogen-bond acceptors (Lipinski definition) is 0. The molecule has 0 nitrogen and oxygen atoms in total. The van der Waals surface area contributed by atoms with E-state index in [9.17, 15) is 0 Å². The smallest absolute Gasteiger partial charge is 0.0183 e. The van der Waals surface area contributed by atoms with Crippen molar-refractivity contribution in [3.8, 4) is 0 Å². The van der Waals surface area contributed by atoms with Crippen molar-refractivity contribution in [3.05, 3.63) is 39.4 Å². The number of rotatable bonds is 1. The highest BCUT2D eigenvalue weighted by molar-refractivity contribution is 9.11. The molecule has 0 amide bonds. The van der Waals surface area contributed by atoms with Crippen LogP contribution in [-0.4, -0.2) is 0 Å². The van der Waals surface area contributed by atoms with E-state index in [1.807, 2.05) is 4.99 Å². The van der Waals surface area contributed by atoms with Gasteiger partial charge in [0.2, 0.25) is 0 Å². The Labute approximate surface area is 82.4 Å². The van der Waals surface area contributed by atoms with Crippen LogP contribution < -0.4 is 0 Å². The SMILES string of the molecule is Cc1cc(C)c(/C=C/Br)c(C)c1. The average molecular weight is 225 g/mol. The number of aryl methyl sites for hydroxylation is 3. The maximum Gasteiger partial charge on any atom is -0.0183 e. The fourth-order valence-electron chi connectivity index (χ4n) is 1.52. The zero-order valence-corrected chi connectivity index (χ0v) is 9.27. The van der Waals surface area contributed by atoms with Crippen molar-refractivity contribution >= 4 is 22.0 Å². The van der Waals surface area contributed by atoms with Gasteiger partial charge in [-0.2, -0.15) is 0 Å². The lowest BCUT2D eigenvalue weighted by molar-refractivity contribution is 1.30. The minimum atomic E-state index is 1.32. The molecule has 0 heterocycles. The highest BCUT2D eigenvalue weighted by Gasteiger charge is 1.98. The molecule has 1 aromatic carbocycles. The summed E-state index contributed by atoms with van der Waals surface area (Å²) in [4.78, 5) is 1.90. The maximum absolute atomic E-state index is 3.29. The standard InChI is InChI=1S/C11H13Br/c1-8-6-9(2)11(4-5-12)10(3)7-8/h4-7H,1-3H3/b5-4+. The minimum Gasteiger partial charge on any atom is -0.0595 e. The maximum atomic E-state index is 3.29. The van der Waals surface area contributed by atoms with Crippen molar-refractivity contribution in [2.24, 2.45) is 0 Å². The van der Waals surface area contributed by atoms with E-state index in [0.717, 1.165) is 0 Å². The molecule has 0 aliphatic rings. The van der Waals surface area contributed by atoms with Crippen molar-refractivity contribution in [3.63, 3.8) is 0 Å². The predicted molar refractivity (Wildman–Crippen MR) is 58.6 cm³/mol. The normalized spacial score (nSPS) is 11.0. The van der Waals surface area contributed by atoms with Gasteiger partial charge < -0.3 is 0 Å². The van der Waals surface area contributed by atoms with E-state index >= 15 is 0 Å². The molecule has 0 radical (unpaired) electrons. The molecule has 0 aliphatic carbocycles. The molecule has 0 unspecified atom stereocenters. The Hall–Kier alpha value is -0.560. The van der Waals surface area contributed by atoms with Crippen LogP contribution >= 0.6 is 15.9 Å². The Balaban J connectivity index is 3.28. The van der Waals surface area contributed by atoms with Crippen molar-refractivity contribution < 1.29 is 0 Å². The molecule has 0 saturated heterocycles. The Kier molecular flexibility index (Phi) is 3.10. The van der Waals surface area contributed by atoms with Crippen LogP contribution in [0.25, 0.3) is 6.08 Å². The number of hydrogen-bond donors (Lipinski definition) is 0. The van der Waals surface area contributed by atoms with Gasteiger partial charge in [0.15, 0.2) is 0 Å². The van der Waals surface area contributed by atoms with Crippen LogP contribution in [0.2, 0.25) is 0 Å². The molecule has 1 aromatic rings. The molecule has 0 fully saturated rings. The molecule has 1 rings (SSSR count). The minimum absolute atomic E-state index is 1.32. The van der Waals surface area contributed by atoms with E-state index in [4.69, 9.17) is 0 Å². The van der Waals surface area contributed by atoms with Crippen LogP contribution in [-0.2, 0) is 0 Å². The third kappa shape index (κ3) is 1.98. The third-order valence-electron chi connectivity index (χ3n) is 1.97. The largest absolute Gasteiger partial charge is 0.0595 e. The van der Waals surface area contributed by atoms with Gasteiger partial charge in [-0.3, -0.25) is 0 Å². The molecule has 0 N–H and O–H groups in total. The fourth-order valence-corrected chi connectivity index (χ4v) is 1.78. The summed E-state index contributed by atoms with van der Waals surface area (Å²) in [5, 5.41) is 0. The van der Waals surface area contributed by atoms with Crippen molar-refractivity contribution in [2.45, 2.75) is 20.8 Å². The van der Waals surface area contributed by atoms with Gasteiger partial charge in [0.05, 0.1) is 0 Å². The number of halogens is 1. The molecule has 0 spiro atoms. The molecule has 0 aliphatic heterocycles. The zero-order chi connectivity index (χ0) is 9.14. The molecule has 0 saturated carbocycles. The lowest BCUT2D eigenvalue weighted by Gasteiger charge is -2.06. The van der Waals surface area contributed by atoms with Crippen LogP contribution in [0.3, 0.4) is 0 Å². The van der Waals surface area contributed by atoms with E-state index < -0.39 is 0 Å². The highest BCUT2D eigenvalue weighted by Crippen LogP contribution is 2.18. The topological polar surface area (TPSA) is 0 Å². The van der Waals surface area contributed by atoms with E-state index in [1.54, 1.807) is 0 Å². The molecule has 0 aromatic heterocycles. The first-order chi connectivity index (χ1) is 5.65. The van der Waals surface area contributed by atoms with Crippen LogP contribution in [0.1, 0.15) is 22.3 Å². The highest BCUT2D eigenvalue weighted by atomic mass is 79.9. The van der Waals surface area contributed by atoms with Crippen molar-refractivity contribution in [1.82, 2.24) is 0 Å². The Morgan fingerprint density at radius 2 is 1.58 bits per heavy atom. The Bertz CT molecular complexity index is 288. The summed E-state index contributed by atoms with van der Waals surface area (Å²) in [5.74, 6) is 0. The summed E-state index contributed by atoms with van der Waals surface area (Å²) in [7, 11) is 0. The molecule has 0 atom stereocenters. The van der Waals surface area contributed by atoms with Crippen molar-refractivity contribution in [2.75, 3.05) is 0 Å². The molecular formula is C11H13Br. The van der Waals surface area contributed by atoms with E-state index in [0.29, 0.717) is 0 Å². The summed E-state index contributed by atoms with van der Waals surface area (Å²) < 4.78 is 0. The first-order valence-electron chi connectivity index (χ1n) is 3.99. The molecular weight excluding hydrogens is 212 g/mol. The molecule has 64 valence electrons. The third-order valence-corrected chi connectivity index (χ3v) is 2.23. The average Bonchev–Trinajstić information content (AvgIpc) is 1.96. The summed E-state index contributed by atoms with van der Waals surface area (Å²) in [6.07, 6.45) is 2.09. The zero-order valence-electron chi connectivity index (χ0n) is 7.69. The second kappa shape index (κ2) is 3.90. The van der Waals surface area contributed by atoms with Crippen molar-refractivity contribution in [1.29, 1.82) is 0 Å². The van der Waals surface area contributed by atoms with Gasteiger partial charge in [0.1, 0.15) is 0 Å². The van der Waals surface area contributed by atoms with Gasteiger partial charge in [-0.1, -0.05) is 33.6 Å². The fraction of sp³-hybridized carbons (Fsp3) is 0.273. The summed E-state index contributed by atoms with van der Waals surface area (Å²) in [5.41, 5.74) is 5.32. The van der Waals surface area contributed by atoms with E-state index in [-0.39, 0.29) is 0 Å². The second-order valence-corrected chi connectivity index (χ2v) is 3.63. The van der Waals surface area contributed by atoms with Crippen LogP contribution in [0.4, 0.5) is 0 Å². The van der Waals surface area contributed by atoms with Gasteiger partial charge in [-0.15, -0.1) is 0 Å². The van der Waals surface area contributed by atoms with Gasteiger partial charge in [0.25, 0.3) is 0 Å². The van der Waals surface area contributed by atoms with Gasteiger partial charge in [-0.25, -0.2) is 0 Å². The summed E-state index contributed by atoms with van der Waals surface area (Å²) >= 11 is 3.29. The molecule has 1 heteroatoms. The Morgan fingerprint density at radius 1 is 1.08 bits per heavy atom. The predicted octanol–water partition coefficient (Wildman–Crippen LogP) is 3.98. The van der Waals surface area contributed by atoms with E-state index in [2.05, 4.69) is 54.9 Å². The van der Waals surface area contributed by atoms with Crippen LogP contribution in [0, 0.1) is 20.8 Å². The van der Waals surface area contributed by atoms with Gasteiger partial charge in [-0.05, 0) is 48.5 Å². The first kappa shape index (κ1) is 9.53. The quantitative estimate of drug-likeness (QED) is 0.678. The lowest BCUT2D eigenvalue weighted by Crippen LogP contribution is -1.87. The van der Waals surface area contributed by atoms with Gasteiger partial charge in [0, 0.05) is 0 Å². The van der Waals surface area contributed by atoms with E-state index in [1.165, 1.54) is 22.3 Å². The second-order valence-electron chi connectivity index (χ2n) is 3.11. The van der Waals surface area contributed by atoms with Gasteiger partial charge >= 0.3 is 0 Å². The van der Waals surface area contributed by atoms with Crippen LogP contribution in [0.5, 0.6) is 0 Å². The lowest BCUT2D eigenvalue weighted by atomic mass is 10.0. The number of benzene rings is 1. The van der Waals surface area contributed by atoms with Crippen LogP contribution in [0.15, 0.2) is 17.1 Å². The summed E-state index contributed by atoms with van der Waals surface area (Å²) in [6, 6.07) is 4.41. The molecule has 0 bridgehead atoms.